The summed E-state index contributed by atoms with van der Waals surface area (Å²) in [7, 11) is 1.62. The molecule has 94 valence electrons. The standard InChI is InChI=1S/C12H20N4O/c1-8-6-10(4-5-13-8)16-11-7-12(17-3)15-9(2)14-11/h7-8,10,13H,4-6H2,1-3H3,(H,14,15,16). The van der Waals surface area contributed by atoms with Crippen LogP contribution in [0.15, 0.2) is 6.07 Å². The fourth-order valence-corrected chi connectivity index (χ4v) is 2.19. The maximum Gasteiger partial charge on any atom is 0.218 e. The monoisotopic (exact) mass is 236 g/mol. The van der Waals surface area contributed by atoms with Gasteiger partial charge in [0.25, 0.3) is 0 Å². The first kappa shape index (κ1) is 12.1. The summed E-state index contributed by atoms with van der Waals surface area (Å²) in [4.78, 5) is 8.55. The van der Waals surface area contributed by atoms with E-state index >= 15 is 0 Å². The maximum atomic E-state index is 5.14. The molecule has 1 aromatic heterocycles. The lowest BCUT2D eigenvalue weighted by molar-refractivity contribution is 0.391. The van der Waals surface area contributed by atoms with Crippen molar-refractivity contribution < 1.29 is 4.74 Å². The van der Waals surface area contributed by atoms with Gasteiger partial charge in [0.15, 0.2) is 0 Å². The summed E-state index contributed by atoms with van der Waals surface area (Å²) >= 11 is 0. The Balaban J connectivity index is 2.04. The summed E-state index contributed by atoms with van der Waals surface area (Å²) in [5.41, 5.74) is 0. The summed E-state index contributed by atoms with van der Waals surface area (Å²) in [6.07, 6.45) is 2.24. The molecule has 1 fully saturated rings. The fourth-order valence-electron chi connectivity index (χ4n) is 2.19. The molecule has 1 aliphatic rings. The van der Waals surface area contributed by atoms with E-state index in [2.05, 4.69) is 27.5 Å². The summed E-state index contributed by atoms with van der Waals surface area (Å²) < 4.78 is 5.14. The van der Waals surface area contributed by atoms with E-state index < -0.39 is 0 Å². The quantitative estimate of drug-likeness (QED) is 0.829. The number of methoxy groups -OCH3 is 1. The molecule has 0 aliphatic carbocycles. The first-order chi connectivity index (χ1) is 8.17. The van der Waals surface area contributed by atoms with Crippen LogP contribution in [0, 0.1) is 6.92 Å². The van der Waals surface area contributed by atoms with Gasteiger partial charge >= 0.3 is 0 Å². The molecule has 0 aromatic carbocycles. The number of nitrogens with zero attached hydrogens (tertiary/aromatic N) is 2. The topological polar surface area (TPSA) is 59.1 Å². The summed E-state index contributed by atoms with van der Waals surface area (Å²) in [5.74, 6) is 2.20. The Kier molecular flexibility index (Phi) is 3.78. The van der Waals surface area contributed by atoms with Crippen LogP contribution in [0.2, 0.25) is 0 Å². The van der Waals surface area contributed by atoms with Crippen molar-refractivity contribution in [3.8, 4) is 5.88 Å². The Morgan fingerprint density at radius 1 is 1.47 bits per heavy atom. The normalized spacial score (nSPS) is 24.4. The van der Waals surface area contributed by atoms with Crippen molar-refractivity contribution in [1.29, 1.82) is 0 Å². The number of piperidine rings is 1. The maximum absolute atomic E-state index is 5.14. The Morgan fingerprint density at radius 3 is 3.00 bits per heavy atom. The molecule has 0 radical (unpaired) electrons. The van der Waals surface area contributed by atoms with E-state index in [-0.39, 0.29) is 0 Å². The number of aromatic nitrogens is 2. The van der Waals surface area contributed by atoms with Gasteiger partial charge < -0.3 is 15.4 Å². The number of hydrogen-bond donors (Lipinski definition) is 2. The van der Waals surface area contributed by atoms with Gasteiger partial charge in [-0.3, -0.25) is 0 Å². The van der Waals surface area contributed by atoms with Crippen LogP contribution in [0.5, 0.6) is 5.88 Å². The Morgan fingerprint density at radius 2 is 2.29 bits per heavy atom. The molecular formula is C12H20N4O. The average Bonchev–Trinajstić information content (AvgIpc) is 2.28. The molecule has 1 aliphatic heterocycles. The zero-order chi connectivity index (χ0) is 12.3. The average molecular weight is 236 g/mol. The van der Waals surface area contributed by atoms with Gasteiger partial charge in [0.2, 0.25) is 5.88 Å². The van der Waals surface area contributed by atoms with Crippen LogP contribution < -0.4 is 15.4 Å². The van der Waals surface area contributed by atoms with Gasteiger partial charge in [0.05, 0.1) is 7.11 Å². The minimum Gasteiger partial charge on any atom is -0.481 e. The molecule has 2 atom stereocenters. The second-order valence-corrected chi connectivity index (χ2v) is 4.56. The molecule has 2 unspecified atom stereocenters. The lowest BCUT2D eigenvalue weighted by Crippen LogP contribution is -2.41. The largest absolute Gasteiger partial charge is 0.481 e. The number of ether oxygens (including phenoxy) is 1. The van der Waals surface area contributed by atoms with Gasteiger partial charge in [-0.05, 0) is 33.2 Å². The summed E-state index contributed by atoms with van der Waals surface area (Å²) in [6, 6.07) is 2.89. The second-order valence-electron chi connectivity index (χ2n) is 4.56. The zero-order valence-electron chi connectivity index (χ0n) is 10.7. The molecule has 5 heteroatoms. The smallest absolute Gasteiger partial charge is 0.218 e. The predicted molar refractivity (Wildman–Crippen MR) is 67.4 cm³/mol. The number of anilines is 1. The molecule has 2 N–H and O–H groups in total. The van der Waals surface area contributed by atoms with Crippen LogP contribution in [0.25, 0.3) is 0 Å². The first-order valence-electron chi connectivity index (χ1n) is 6.07. The molecule has 2 heterocycles. The van der Waals surface area contributed by atoms with Gasteiger partial charge in [0.1, 0.15) is 11.6 Å². The highest BCUT2D eigenvalue weighted by Gasteiger charge is 2.18. The third-order valence-corrected chi connectivity index (χ3v) is 3.00. The van der Waals surface area contributed by atoms with Gasteiger partial charge in [-0.25, -0.2) is 4.98 Å². The van der Waals surface area contributed by atoms with Gasteiger partial charge in [0, 0.05) is 18.2 Å². The van der Waals surface area contributed by atoms with Crippen molar-refractivity contribution in [3.05, 3.63) is 11.9 Å². The van der Waals surface area contributed by atoms with Crippen molar-refractivity contribution in [2.24, 2.45) is 0 Å². The van der Waals surface area contributed by atoms with Gasteiger partial charge in [-0.15, -0.1) is 0 Å². The molecule has 0 saturated carbocycles. The van der Waals surface area contributed by atoms with E-state index in [9.17, 15) is 0 Å². The van der Waals surface area contributed by atoms with E-state index in [1.807, 2.05) is 13.0 Å². The summed E-state index contributed by atoms with van der Waals surface area (Å²) in [5, 5.41) is 6.89. The molecular weight excluding hydrogens is 216 g/mol. The number of rotatable bonds is 3. The highest BCUT2D eigenvalue weighted by Crippen LogP contribution is 2.17. The third-order valence-electron chi connectivity index (χ3n) is 3.00. The SMILES string of the molecule is COc1cc(NC2CCNC(C)C2)nc(C)n1. The third kappa shape index (κ3) is 3.30. The van der Waals surface area contributed by atoms with Crippen molar-refractivity contribution in [2.75, 3.05) is 19.0 Å². The predicted octanol–water partition coefficient (Wildman–Crippen LogP) is 1.35. The Hall–Kier alpha value is -1.36. The van der Waals surface area contributed by atoms with Crippen LogP contribution in [0.1, 0.15) is 25.6 Å². The van der Waals surface area contributed by atoms with E-state index in [4.69, 9.17) is 4.74 Å². The number of aryl methyl sites for hydroxylation is 1. The second kappa shape index (κ2) is 5.31. The Bertz CT molecular complexity index is 383. The zero-order valence-corrected chi connectivity index (χ0v) is 10.7. The minimum absolute atomic E-state index is 0.477. The van der Waals surface area contributed by atoms with Crippen LogP contribution in [-0.4, -0.2) is 35.7 Å². The summed E-state index contributed by atoms with van der Waals surface area (Å²) in [6.45, 7) is 5.14. The molecule has 0 amide bonds. The van der Waals surface area contributed by atoms with Crippen molar-refractivity contribution in [1.82, 2.24) is 15.3 Å². The van der Waals surface area contributed by atoms with Crippen LogP contribution in [0.4, 0.5) is 5.82 Å². The van der Waals surface area contributed by atoms with Gasteiger partial charge in [-0.2, -0.15) is 4.98 Å². The molecule has 1 saturated heterocycles. The van der Waals surface area contributed by atoms with E-state index in [0.717, 1.165) is 31.0 Å². The molecule has 5 nitrogen and oxygen atoms in total. The number of nitrogens with one attached hydrogen (secondary N) is 2. The van der Waals surface area contributed by atoms with Crippen LogP contribution in [-0.2, 0) is 0 Å². The van der Waals surface area contributed by atoms with Crippen LogP contribution >= 0.6 is 0 Å². The number of hydrogen-bond acceptors (Lipinski definition) is 5. The van der Waals surface area contributed by atoms with Gasteiger partial charge in [-0.1, -0.05) is 0 Å². The Labute approximate surface area is 102 Å². The van der Waals surface area contributed by atoms with Crippen molar-refractivity contribution in [2.45, 2.75) is 38.8 Å². The lowest BCUT2D eigenvalue weighted by atomic mass is 10.0. The van der Waals surface area contributed by atoms with Crippen molar-refractivity contribution >= 4 is 5.82 Å². The highest BCUT2D eigenvalue weighted by atomic mass is 16.5. The van der Waals surface area contributed by atoms with Crippen LogP contribution in [0.3, 0.4) is 0 Å². The fraction of sp³-hybridized carbons (Fsp3) is 0.667. The highest BCUT2D eigenvalue weighted by molar-refractivity contribution is 5.39. The lowest BCUT2D eigenvalue weighted by Gasteiger charge is -2.29. The van der Waals surface area contributed by atoms with E-state index in [1.54, 1.807) is 7.11 Å². The minimum atomic E-state index is 0.477. The van der Waals surface area contributed by atoms with E-state index in [0.29, 0.717) is 18.0 Å². The first-order valence-corrected chi connectivity index (χ1v) is 6.07. The molecule has 17 heavy (non-hydrogen) atoms. The molecule has 0 bridgehead atoms. The van der Waals surface area contributed by atoms with Crippen molar-refractivity contribution in [3.63, 3.8) is 0 Å². The van der Waals surface area contributed by atoms with E-state index in [1.165, 1.54) is 0 Å². The molecule has 2 rings (SSSR count). The molecule has 1 aromatic rings. The molecule has 0 spiro atoms.